The molecule has 128 valence electrons. The molecular weight excluding hydrogens is 336 g/mol. The summed E-state index contributed by atoms with van der Waals surface area (Å²) < 4.78 is 1.20. The number of amides is 1. The predicted octanol–water partition coefficient (Wildman–Crippen LogP) is 1.94. The lowest BCUT2D eigenvalue weighted by Gasteiger charge is -2.34. The fraction of sp³-hybridized carbons (Fsp3) is 0.278. The summed E-state index contributed by atoms with van der Waals surface area (Å²) in [6, 6.07) is 11.4. The molecular formula is C18H18N4O2S. The van der Waals surface area contributed by atoms with Crippen molar-refractivity contribution in [1.29, 1.82) is 0 Å². The zero-order valence-electron chi connectivity index (χ0n) is 13.6. The second-order valence-electron chi connectivity index (χ2n) is 6.06. The Labute approximate surface area is 148 Å². The lowest BCUT2D eigenvalue weighted by atomic mass is 10.2. The Morgan fingerprint density at radius 2 is 1.92 bits per heavy atom. The van der Waals surface area contributed by atoms with Crippen LogP contribution in [0.25, 0.3) is 10.2 Å². The first-order chi connectivity index (χ1) is 12.2. The lowest BCUT2D eigenvalue weighted by Crippen LogP contribution is -2.49. The summed E-state index contributed by atoms with van der Waals surface area (Å²) in [5, 5.41) is 1.10. The molecule has 4 rings (SSSR count). The molecule has 0 saturated carbocycles. The van der Waals surface area contributed by atoms with Crippen molar-refractivity contribution in [3.63, 3.8) is 0 Å². The number of aromatic amines is 1. The molecule has 0 unspecified atom stereocenters. The van der Waals surface area contributed by atoms with Gasteiger partial charge in [-0.2, -0.15) is 0 Å². The number of H-pyrrole nitrogens is 1. The standard InChI is InChI=1S/C18H18N4O2S/c23-17-13(4-3-7-19-17)18(24)22-10-8-21(9-11-22)12-16-20-14-5-1-2-6-15(14)25-16/h1-7H,8-12H2,(H,19,23). The summed E-state index contributed by atoms with van der Waals surface area (Å²) in [4.78, 5) is 35.5. The fourth-order valence-corrected chi connectivity index (χ4v) is 4.06. The molecule has 0 bridgehead atoms. The Kier molecular flexibility index (Phi) is 4.33. The Balaban J connectivity index is 1.39. The molecule has 1 saturated heterocycles. The van der Waals surface area contributed by atoms with Crippen molar-refractivity contribution in [3.8, 4) is 0 Å². The molecule has 3 heterocycles. The predicted molar refractivity (Wildman–Crippen MR) is 97.9 cm³/mol. The van der Waals surface area contributed by atoms with Gasteiger partial charge in [0.25, 0.3) is 11.5 Å². The summed E-state index contributed by atoms with van der Waals surface area (Å²) in [5.74, 6) is -0.193. The van der Waals surface area contributed by atoms with Crippen molar-refractivity contribution in [2.75, 3.05) is 26.2 Å². The summed E-state index contributed by atoms with van der Waals surface area (Å²) >= 11 is 1.72. The van der Waals surface area contributed by atoms with Crippen LogP contribution in [0.1, 0.15) is 15.4 Å². The van der Waals surface area contributed by atoms with Gasteiger partial charge in [-0.1, -0.05) is 12.1 Å². The van der Waals surface area contributed by atoms with Crippen molar-refractivity contribution in [2.24, 2.45) is 0 Å². The Bertz CT molecular complexity index is 924. The number of rotatable bonds is 3. The van der Waals surface area contributed by atoms with Crippen LogP contribution in [0.5, 0.6) is 0 Å². The van der Waals surface area contributed by atoms with E-state index in [0.29, 0.717) is 13.1 Å². The first-order valence-corrected chi connectivity index (χ1v) is 9.06. The van der Waals surface area contributed by atoms with Gasteiger partial charge in [0.1, 0.15) is 10.6 Å². The molecule has 1 aromatic carbocycles. The average Bonchev–Trinajstić information content (AvgIpc) is 3.04. The first-order valence-electron chi connectivity index (χ1n) is 8.24. The highest BCUT2D eigenvalue weighted by Gasteiger charge is 2.24. The van der Waals surface area contributed by atoms with E-state index in [0.717, 1.165) is 30.2 Å². The number of nitrogens with zero attached hydrogens (tertiary/aromatic N) is 3. The van der Waals surface area contributed by atoms with Crippen molar-refractivity contribution < 1.29 is 4.79 Å². The van der Waals surface area contributed by atoms with Crippen LogP contribution >= 0.6 is 11.3 Å². The minimum absolute atomic E-state index is 0.193. The highest BCUT2D eigenvalue weighted by Crippen LogP contribution is 2.23. The maximum atomic E-state index is 12.5. The van der Waals surface area contributed by atoms with Crippen LogP contribution in [0, 0.1) is 0 Å². The van der Waals surface area contributed by atoms with E-state index in [2.05, 4.69) is 20.9 Å². The third-order valence-electron chi connectivity index (χ3n) is 4.41. The third kappa shape index (κ3) is 3.33. The number of carbonyl (C=O) groups excluding carboxylic acids is 1. The number of thiazole rings is 1. The zero-order valence-corrected chi connectivity index (χ0v) is 14.5. The van der Waals surface area contributed by atoms with Crippen LogP contribution in [0.3, 0.4) is 0 Å². The monoisotopic (exact) mass is 354 g/mol. The zero-order chi connectivity index (χ0) is 17.2. The highest BCUT2D eigenvalue weighted by molar-refractivity contribution is 7.18. The number of piperazine rings is 1. The second-order valence-corrected chi connectivity index (χ2v) is 7.17. The van der Waals surface area contributed by atoms with Gasteiger partial charge in [0, 0.05) is 32.4 Å². The maximum Gasteiger partial charge on any atom is 0.260 e. The second kappa shape index (κ2) is 6.78. The van der Waals surface area contributed by atoms with Gasteiger partial charge in [-0.25, -0.2) is 4.98 Å². The summed E-state index contributed by atoms with van der Waals surface area (Å²) in [5.41, 5.74) is 0.922. The molecule has 0 spiro atoms. The molecule has 1 aliphatic heterocycles. The van der Waals surface area contributed by atoms with E-state index in [-0.39, 0.29) is 17.0 Å². The van der Waals surface area contributed by atoms with Crippen molar-refractivity contribution in [3.05, 3.63) is 63.5 Å². The number of nitrogens with one attached hydrogen (secondary N) is 1. The van der Waals surface area contributed by atoms with Gasteiger partial charge in [-0.05, 0) is 24.3 Å². The summed E-state index contributed by atoms with van der Waals surface area (Å²) in [7, 11) is 0. The smallest absolute Gasteiger partial charge is 0.260 e. The molecule has 25 heavy (non-hydrogen) atoms. The lowest BCUT2D eigenvalue weighted by molar-refractivity contribution is 0.0626. The summed E-state index contributed by atoms with van der Waals surface area (Å²) in [6.07, 6.45) is 1.54. The van der Waals surface area contributed by atoms with E-state index < -0.39 is 0 Å². The average molecular weight is 354 g/mol. The molecule has 7 heteroatoms. The van der Waals surface area contributed by atoms with Gasteiger partial charge in [0.15, 0.2) is 0 Å². The van der Waals surface area contributed by atoms with Gasteiger partial charge in [0.2, 0.25) is 0 Å². The molecule has 0 aliphatic carbocycles. The first kappa shape index (κ1) is 16.0. The maximum absolute atomic E-state index is 12.5. The number of carbonyl (C=O) groups is 1. The van der Waals surface area contributed by atoms with Gasteiger partial charge < -0.3 is 9.88 Å². The van der Waals surface area contributed by atoms with Crippen molar-refractivity contribution >= 4 is 27.5 Å². The number of hydrogen-bond acceptors (Lipinski definition) is 5. The van der Waals surface area contributed by atoms with Crippen LogP contribution in [-0.2, 0) is 6.54 Å². The van der Waals surface area contributed by atoms with Crippen LogP contribution in [0.4, 0.5) is 0 Å². The minimum Gasteiger partial charge on any atom is -0.336 e. The number of para-hydroxylation sites is 1. The molecule has 1 fully saturated rings. The van der Waals surface area contributed by atoms with E-state index in [1.165, 1.54) is 10.9 Å². The fourth-order valence-electron chi connectivity index (χ4n) is 3.05. The molecule has 6 nitrogen and oxygen atoms in total. The highest BCUT2D eigenvalue weighted by atomic mass is 32.1. The van der Waals surface area contributed by atoms with E-state index >= 15 is 0 Å². The number of benzene rings is 1. The van der Waals surface area contributed by atoms with E-state index in [1.54, 1.807) is 28.4 Å². The quantitative estimate of drug-likeness (QED) is 0.780. The van der Waals surface area contributed by atoms with Gasteiger partial charge in [-0.3, -0.25) is 14.5 Å². The van der Waals surface area contributed by atoms with E-state index in [9.17, 15) is 9.59 Å². The molecule has 2 aromatic heterocycles. The number of pyridine rings is 1. The molecule has 0 atom stereocenters. The van der Waals surface area contributed by atoms with Crippen molar-refractivity contribution in [1.82, 2.24) is 19.8 Å². The van der Waals surface area contributed by atoms with E-state index in [1.807, 2.05) is 18.2 Å². The van der Waals surface area contributed by atoms with Crippen LogP contribution in [-0.4, -0.2) is 51.9 Å². The minimum atomic E-state index is -0.329. The number of hydrogen-bond donors (Lipinski definition) is 1. The molecule has 3 aromatic rings. The molecule has 1 amide bonds. The topological polar surface area (TPSA) is 69.3 Å². The molecule has 1 N–H and O–H groups in total. The summed E-state index contributed by atoms with van der Waals surface area (Å²) in [6.45, 7) is 3.61. The molecule has 0 radical (unpaired) electrons. The van der Waals surface area contributed by atoms with E-state index in [4.69, 9.17) is 0 Å². The van der Waals surface area contributed by atoms with Crippen LogP contribution in [0.15, 0.2) is 47.4 Å². The number of fused-ring (bicyclic) bond motifs is 1. The SMILES string of the molecule is O=C(c1ccc[nH]c1=O)N1CCN(Cc2nc3ccccc3s2)CC1. The van der Waals surface area contributed by atoms with Crippen molar-refractivity contribution in [2.45, 2.75) is 6.54 Å². The van der Waals surface area contributed by atoms with Crippen LogP contribution < -0.4 is 5.56 Å². The number of aromatic nitrogens is 2. The molecule has 1 aliphatic rings. The Morgan fingerprint density at radius 1 is 1.12 bits per heavy atom. The largest absolute Gasteiger partial charge is 0.336 e. The Morgan fingerprint density at radius 3 is 2.68 bits per heavy atom. The van der Waals surface area contributed by atoms with Crippen LogP contribution in [0.2, 0.25) is 0 Å². The van der Waals surface area contributed by atoms with Gasteiger partial charge >= 0.3 is 0 Å². The normalized spacial score (nSPS) is 15.6. The Hall–Kier alpha value is -2.51. The third-order valence-corrected chi connectivity index (χ3v) is 5.43. The van der Waals surface area contributed by atoms with Gasteiger partial charge in [-0.15, -0.1) is 11.3 Å². The van der Waals surface area contributed by atoms with Gasteiger partial charge in [0.05, 0.1) is 16.8 Å².